The van der Waals surface area contributed by atoms with Crippen LogP contribution >= 0.6 is 0 Å². The minimum atomic E-state index is -5.09. The van der Waals surface area contributed by atoms with Gasteiger partial charge < -0.3 is 9.13 Å². The van der Waals surface area contributed by atoms with Crippen LogP contribution in [0.25, 0.3) is 168 Å². The Morgan fingerprint density at radius 2 is 0.417 bits per heavy atom. The number of para-hydroxylation sites is 2. The standard InChI is InChI=1S/C88H50F12N8/c89-85(90,91)65-39-61(40-66(49-65)86(92,93)94)57-32-34-77-73(47-57)71-28-13-15-30-75(71)107(77)69-43-59(37-63(45-69)83-103-79(51-18-5-1-6-19-51)101-80(104-83)52-20-7-2-8-21-52)55-26-17-27-56(36-55)60-38-64(84-105-81(53-22-9-3-10-23-53)102-82(106-84)54-24-11-4-12-25-54)46-70(44-60)108-76-31-16-14-29-72(76)74-48-58(33-35-78(74)108)62-41-67(87(95,96)97)50-68(42-62)88(98,99)100/h1-50H. The topological polar surface area (TPSA) is 87.2 Å². The Morgan fingerprint density at radius 1 is 0.176 bits per heavy atom. The lowest BCUT2D eigenvalue weighted by Gasteiger charge is -2.16. The maximum atomic E-state index is 14.4. The van der Waals surface area contributed by atoms with Gasteiger partial charge in [-0.05, 0) is 160 Å². The van der Waals surface area contributed by atoms with Crippen molar-refractivity contribution in [2.45, 2.75) is 24.7 Å². The van der Waals surface area contributed by atoms with Crippen LogP contribution in [0.1, 0.15) is 22.3 Å². The summed E-state index contributed by atoms with van der Waals surface area (Å²) < 4.78 is 177. The molecule has 13 aromatic carbocycles. The second-order valence-electron chi connectivity index (χ2n) is 26.0. The van der Waals surface area contributed by atoms with Gasteiger partial charge in [0.05, 0.1) is 44.3 Å². The Kier molecular flexibility index (Phi) is 16.5. The highest BCUT2D eigenvalue weighted by atomic mass is 19.4. The molecule has 8 nitrogen and oxygen atoms in total. The van der Waals surface area contributed by atoms with E-state index < -0.39 is 47.0 Å². The first kappa shape index (κ1) is 67.8. The number of aromatic nitrogens is 8. The van der Waals surface area contributed by atoms with E-state index in [-0.39, 0.29) is 46.0 Å². The zero-order valence-electron chi connectivity index (χ0n) is 56.0. The zero-order chi connectivity index (χ0) is 74.4. The molecule has 526 valence electrons. The normalized spacial score (nSPS) is 12.3. The molecule has 108 heavy (non-hydrogen) atoms. The molecule has 0 saturated heterocycles. The molecule has 0 radical (unpaired) electrons. The van der Waals surface area contributed by atoms with Crippen LogP contribution in [0.15, 0.2) is 303 Å². The lowest BCUT2D eigenvalue weighted by molar-refractivity contribution is -0.144. The van der Waals surface area contributed by atoms with Crippen molar-refractivity contribution in [1.29, 1.82) is 0 Å². The fourth-order valence-corrected chi connectivity index (χ4v) is 13.9. The first-order valence-electron chi connectivity index (χ1n) is 33.8. The molecule has 4 heterocycles. The van der Waals surface area contributed by atoms with Gasteiger partial charge in [0.25, 0.3) is 0 Å². The lowest BCUT2D eigenvalue weighted by atomic mass is 9.95. The molecular formula is C88H50F12N8. The van der Waals surface area contributed by atoms with Crippen LogP contribution in [-0.2, 0) is 24.7 Å². The van der Waals surface area contributed by atoms with E-state index in [1.54, 1.807) is 36.4 Å². The van der Waals surface area contributed by atoms with E-state index in [9.17, 15) is 52.7 Å². The van der Waals surface area contributed by atoms with Crippen LogP contribution in [0, 0.1) is 0 Å². The van der Waals surface area contributed by atoms with Crippen LogP contribution in [0.3, 0.4) is 0 Å². The molecule has 0 aliphatic carbocycles. The molecule has 0 amide bonds. The van der Waals surface area contributed by atoms with Gasteiger partial charge in [-0.1, -0.05) is 188 Å². The Hall–Kier alpha value is -13.4. The van der Waals surface area contributed by atoms with Crippen molar-refractivity contribution in [1.82, 2.24) is 39.0 Å². The second kappa shape index (κ2) is 26.3. The number of halogens is 12. The second-order valence-corrected chi connectivity index (χ2v) is 26.0. The molecule has 0 aliphatic heterocycles. The van der Waals surface area contributed by atoms with Gasteiger partial charge in [0.15, 0.2) is 34.9 Å². The van der Waals surface area contributed by atoms with Crippen molar-refractivity contribution in [2.75, 3.05) is 0 Å². The fraction of sp³-hybridized carbons (Fsp3) is 0.0455. The van der Waals surface area contributed by atoms with Gasteiger partial charge in [-0.25, -0.2) is 29.9 Å². The maximum Gasteiger partial charge on any atom is 0.416 e. The summed E-state index contributed by atoms with van der Waals surface area (Å²) in [6, 6.07) is 84.5. The van der Waals surface area contributed by atoms with Crippen molar-refractivity contribution in [3.05, 3.63) is 326 Å². The molecule has 17 rings (SSSR count). The highest BCUT2D eigenvalue weighted by Gasteiger charge is 2.39. The van der Waals surface area contributed by atoms with E-state index in [4.69, 9.17) is 29.9 Å². The van der Waals surface area contributed by atoms with Gasteiger partial charge in [0, 0.05) is 66.3 Å². The van der Waals surface area contributed by atoms with E-state index in [1.807, 2.05) is 228 Å². The van der Waals surface area contributed by atoms with E-state index in [2.05, 4.69) is 0 Å². The Balaban J connectivity index is 0.888. The predicted octanol–water partition coefficient (Wildman–Crippen LogP) is 25.0. The fourth-order valence-electron chi connectivity index (χ4n) is 13.9. The van der Waals surface area contributed by atoms with E-state index >= 15 is 0 Å². The number of alkyl halides is 12. The number of nitrogens with zero attached hydrogens (tertiary/aromatic N) is 8. The molecule has 0 bridgehead atoms. The summed E-state index contributed by atoms with van der Waals surface area (Å²) >= 11 is 0. The van der Waals surface area contributed by atoms with E-state index in [1.165, 1.54) is 12.1 Å². The molecule has 0 saturated carbocycles. The molecule has 0 N–H and O–H groups in total. The van der Waals surface area contributed by atoms with Crippen LogP contribution < -0.4 is 0 Å². The van der Waals surface area contributed by atoms with E-state index in [0.29, 0.717) is 158 Å². The smallest absolute Gasteiger partial charge is 0.309 e. The van der Waals surface area contributed by atoms with Gasteiger partial charge >= 0.3 is 24.7 Å². The van der Waals surface area contributed by atoms with Gasteiger partial charge in [-0.15, -0.1) is 0 Å². The number of benzene rings is 13. The monoisotopic (exact) mass is 1450 g/mol. The average molecular weight is 1450 g/mol. The zero-order valence-corrected chi connectivity index (χ0v) is 56.0. The first-order chi connectivity index (χ1) is 52.0. The molecule has 0 spiro atoms. The summed E-state index contributed by atoms with van der Waals surface area (Å²) in [5.74, 6) is 2.07. The molecule has 20 heteroatoms. The summed E-state index contributed by atoms with van der Waals surface area (Å²) in [4.78, 5) is 30.6. The SMILES string of the molecule is FC(F)(F)c1cc(-c2ccc3c(c2)c2ccccc2n3-c2cc(-c3cccc(-c4cc(-c5nc(-c6ccccc6)nc(-c6ccccc6)n5)cc(-n5c6ccccc6c6cc(-c7cc(C(F)(F)F)cc(C(F)(F)F)c7)ccc65)c4)c3)cc(-c3nc(-c4ccccc4)nc(-c4ccccc4)n3)c2)cc(C(F)(F)F)c1. The van der Waals surface area contributed by atoms with Gasteiger partial charge in [-0.3, -0.25) is 0 Å². The third-order valence-electron chi connectivity index (χ3n) is 19.0. The first-order valence-corrected chi connectivity index (χ1v) is 33.8. The summed E-state index contributed by atoms with van der Waals surface area (Å²) in [5.41, 5.74) is 3.96. The summed E-state index contributed by atoms with van der Waals surface area (Å²) in [5, 5.41) is 2.34. The lowest BCUT2D eigenvalue weighted by Crippen LogP contribution is -2.11. The van der Waals surface area contributed by atoms with Crippen LogP contribution in [0.4, 0.5) is 52.7 Å². The van der Waals surface area contributed by atoms with Gasteiger partial charge in [0.1, 0.15) is 0 Å². The minimum Gasteiger partial charge on any atom is -0.309 e. The molecule has 0 atom stereocenters. The molecule has 0 aliphatic rings. The Labute approximate surface area is 606 Å². The average Bonchev–Trinajstić information content (AvgIpc) is 1.58. The number of fused-ring (bicyclic) bond motifs is 6. The van der Waals surface area contributed by atoms with Crippen molar-refractivity contribution in [3.8, 4) is 124 Å². The molecule has 0 unspecified atom stereocenters. The Morgan fingerprint density at radius 3 is 0.731 bits per heavy atom. The highest BCUT2D eigenvalue weighted by Crippen LogP contribution is 2.46. The highest BCUT2D eigenvalue weighted by molar-refractivity contribution is 6.12. The van der Waals surface area contributed by atoms with Crippen molar-refractivity contribution in [2.24, 2.45) is 0 Å². The molecule has 17 aromatic rings. The quantitative estimate of drug-likeness (QED) is 0.113. The molecular weight excluding hydrogens is 1400 g/mol. The van der Waals surface area contributed by atoms with Crippen LogP contribution in [0.2, 0.25) is 0 Å². The largest absolute Gasteiger partial charge is 0.416 e. The third-order valence-corrected chi connectivity index (χ3v) is 19.0. The van der Waals surface area contributed by atoms with Crippen molar-refractivity contribution in [3.63, 3.8) is 0 Å². The number of hydrogen-bond acceptors (Lipinski definition) is 6. The van der Waals surface area contributed by atoms with E-state index in [0.717, 1.165) is 0 Å². The van der Waals surface area contributed by atoms with Crippen molar-refractivity contribution < 1.29 is 52.7 Å². The van der Waals surface area contributed by atoms with Crippen LogP contribution in [-0.4, -0.2) is 39.0 Å². The van der Waals surface area contributed by atoms with Gasteiger partial charge in [-0.2, -0.15) is 52.7 Å². The molecule has 0 fully saturated rings. The predicted molar refractivity (Wildman–Crippen MR) is 396 cm³/mol. The summed E-state index contributed by atoms with van der Waals surface area (Å²) in [7, 11) is 0. The van der Waals surface area contributed by atoms with Crippen molar-refractivity contribution >= 4 is 43.6 Å². The number of rotatable bonds is 12. The Bertz CT molecular complexity index is 5810. The molecule has 4 aromatic heterocycles. The minimum absolute atomic E-state index is 0.105. The third kappa shape index (κ3) is 13.0. The number of hydrogen-bond donors (Lipinski definition) is 0. The van der Waals surface area contributed by atoms with Gasteiger partial charge in [0.2, 0.25) is 0 Å². The summed E-state index contributed by atoms with van der Waals surface area (Å²) in [6.45, 7) is 0. The van der Waals surface area contributed by atoms with Crippen LogP contribution in [0.5, 0.6) is 0 Å². The maximum absolute atomic E-state index is 14.4. The summed E-state index contributed by atoms with van der Waals surface area (Å²) in [6.07, 6.45) is -20.4.